The second-order valence-electron chi connectivity index (χ2n) is 6.83. The second-order valence-corrected chi connectivity index (χ2v) is 6.83. The van der Waals surface area contributed by atoms with E-state index in [-0.39, 0.29) is 17.9 Å². The number of carbonyl (C=O) groups is 1. The normalized spacial score (nSPS) is 11.1. The van der Waals surface area contributed by atoms with Gasteiger partial charge in [0.25, 0.3) is 0 Å². The number of para-hydroxylation sites is 1. The molecule has 0 radical (unpaired) electrons. The monoisotopic (exact) mass is 366 g/mol. The molecule has 0 aliphatic rings. The maximum atomic E-state index is 12.5. The molecule has 2 heterocycles. The zero-order valence-corrected chi connectivity index (χ0v) is 16.4. The number of carbonyl (C=O) groups excluding carboxylic acids is 1. The average molecular weight is 366 g/mol. The topological polar surface area (TPSA) is 68.9 Å². The SMILES string of the molecule is CCc1c(C)nn(CCNC(=O)Cn2c(C)cc(=O)c3ccccc32)c1C. The minimum absolute atomic E-state index is 0.0176. The van der Waals surface area contributed by atoms with Gasteiger partial charge in [-0.1, -0.05) is 19.1 Å². The summed E-state index contributed by atoms with van der Waals surface area (Å²) in [7, 11) is 0. The van der Waals surface area contributed by atoms with Crippen molar-refractivity contribution in [3.8, 4) is 0 Å². The third kappa shape index (κ3) is 3.79. The van der Waals surface area contributed by atoms with Gasteiger partial charge in [-0.15, -0.1) is 0 Å². The van der Waals surface area contributed by atoms with E-state index >= 15 is 0 Å². The van der Waals surface area contributed by atoms with Gasteiger partial charge in [0.2, 0.25) is 5.91 Å². The van der Waals surface area contributed by atoms with Gasteiger partial charge in [0.15, 0.2) is 5.43 Å². The fourth-order valence-electron chi connectivity index (χ4n) is 3.63. The summed E-state index contributed by atoms with van der Waals surface area (Å²) < 4.78 is 3.83. The van der Waals surface area contributed by atoms with Gasteiger partial charge in [0.1, 0.15) is 6.54 Å². The number of aryl methyl sites for hydroxylation is 2. The molecule has 3 aromatic rings. The molecule has 3 rings (SSSR count). The van der Waals surface area contributed by atoms with Gasteiger partial charge in [-0.2, -0.15) is 5.10 Å². The van der Waals surface area contributed by atoms with Crippen molar-refractivity contribution >= 4 is 16.8 Å². The Morgan fingerprint density at radius 1 is 1.19 bits per heavy atom. The number of hydrogen-bond acceptors (Lipinski definition) is 3. The molecule has 0 atom stereocenters. The first kappa shape index (κ1) is 18.9. The molecule has 0 unspecified atom stereocenters. The third-order valence-electron chi connectivity index (χ3n) is 5.06. The number of nitrogens with zero attached hydrogens (tertiary/aromatic N) is 3. The number of fused-ring (bicyclic) bond motifs is 1. The maximum Gasteiger partial charge on any atom is 0.240 e. The molecular formula is C21H26N4O2. The number of nitrogens with one attached hydrogen (secondary N) is 1. The van der Waals surface area contributed by atoms with Gasteiger partial charge < -0.3 is 9.88 Å². The van der Waals surface area contributed by atoms with E-state index < -0.39 is 0 Å². The fraction of sp³-hybridized carbons (Fsp3) is 0.381. The Morgan fingerprint density at radius 3 is 2.63 bits per heavy atom. The maximum absolute atomic E-state index is 12.5. The van der Waals surface area contributed by atoms with Gasteiger partial charge in [-0.25, -0.2) is 0 Å². The Morgan fingerprint density at radius 2 is 1.93 bits per heavy atom. The highest BCUT2D eigenvalue weighted by Gasteiger charge is 2.11. The molecule has 0 spiro atoms. The zero-order valence-electron chi connectivity index (χ0n) is 16.4. The first-order chi connectivity index (χ1) is 12.9. The minimum Gasteiger partial charge on any atom is -0.353 e. The van der Waals surface area contributed by atoms with E-state index in [0.717, 1.165) is 29.0 Å². The van der Waals surface area contributed by atoms with Crippen LogP contribution in [0, 0.1) is 20.8 Å². The summed E-state index contributed by atoms with van der Waals surface area (Å²) in [5.74, 6) is -0.0795. The average Bonchev–Trinajstić information content (AvgIpc) is 2.91. The van der Waals surface area contributed by atoms with E-state index in [4.69, 9.17) is 0 Å². The molecule has 1 aromatic carbocycles. The largest absolute Gasteiger partial charge is 0.353 e. The molecular weight excluding hydrogens is 340 g/mol. The lowest BCUT2D eigenvalue weighted by atomic mass is 10.1. The van der Waals surface area contributed by atoms with E-state index in [9.17, 15) is 9.59 Å². The van der Waals surface area contributed by atoms with Crippen LogP contribution in [0.15, 0.2) is 35.1 Å². The predicted octanol–water partition coefficient (Wildman–Crippen LogP) is 2.50. The van der Waals surface area contributed by atoms with Crippen molar-refractivity contribution in [2.45, 2.75) is 47.2 Å². The smallest absolute Gasteiger partial charge is 0.240 e. The van der Waals surface area contributed by atoms with E-state index in [1.807, 2.05) is 41.3 Å². The number of aromatic nitrogens is 3. The molecule has 0 aliphatic carbocycles. The van der Waals surface area contributed by atoms with E-state index in [1.165, 1.54) is 5.56 Å². The van der Waals surface area contributed by atoms with Crippen molar-refractivity contribution in [2.75, 3.05) is 6.54 Å². The number of hydrogen-bond donors (Lipinski definition) is 1. The molecule has 0 saturated heterocycles. The van der Waals surface area contributed by atoms with Gasteiger partial charge in [-0.05, 0) is 44.9 Å². The molecule has 0 bridgehead atoms. The summed E-state index contributed by atoms with van der Waals surface area (Å²) >= 11 is 0. The van der Waals surface area contributed by atoms with Crippen LogP contribution in [-0.2, 0) is 24.3 Å². The molecule has 1 N–H and O–H groups in total. The molecule has 6 heteroatoms. The molecule has 142 valence electrons. The Kier molecular flexibility index (Phi) is 5.44. The predicted molar refractivity (Wildman–Crippen MR) is 107 cm³/mol. The molecule has 0 aliphatic heterocycles. The van der Waals surface area contributed by atoms with Crippen molar-refractivity contribution in [3.05, 3.63) is 63.2 Å². The van der Waals surface area contributed by atoms with Crippen LogP contribution in [0.4, 0.5) is 0 Å². The Bertz CT molecular complexity index is 1050. The highest BCUT2D eigenvalue weighted by molar-refractivity contribution is 5.82. The molecule has 0 fully saturated rings. The van der Waals surface area contributed by atoms with Gasteiger partial charge in [0.05, 0.1) is 17.8 Å². The summed E-state index contributed by atoms with van der Waals surface area (Å²) in [5.41, 5.74) is 5.03. The summed E-state index contributed by atoms with van der Waals surface area (Å²) in [6.07, 6.45) is 0.961. The quantitative estimate of drug-likeness (QED) is 0.729. The standard InChI is InChI=1S/C21H26N4O2/c1-5-17-15(3)23-25(16(17)4)11-10-22-21(27)13-24-14(2)12-20(26)18-8-6-7-9-19(18)24/h6-9,12H,5,10-11,13H2,1-4H3,(H,22,27). The first-order valence-electron chi connectivity index (χ1n) is 9.31. The van der Waals surface area contributed by atoms with Crippen LogP contribution < -0.4 is 10.7 Å². The zero-order chi connectivity index (χ0) is 19.6. The van der Waals surface area contributed by atoms with Crippen molar-refractivity contribution < 1.29 is 4.79 Å². The number of pyridine rings is 1. The Balaban J connectivity index is 1.69. The van der Waals surface area contributed by atoms with Crippen molar-refractivity contribution in [1.29, 1.82) is 0 Å². The number of rotatable bonds is 6. The van der Waals surface area contributed by atoms with E-state index in [0.29, 0.717) is 18.5 Å². The Labute approximate surface area is 158 Å². The summed E-state index contributed by atoms with van der Waals surface area (Å²) in [4.78, 5) is 24.6. The minimum atomic E-state index is -0.0795. The van der Waals surface area contributed by atoms with Crippen LogP contribution in [0.1, 0.15) is 29.6 Å². The summed E-state index contributed by atoms with van der Waals surface area (Å²) in [6.45, 7) is 9.40. The van der Waals surface area contributed by atoms with Crippen LogP contribution in [0.3, 0.4) is 0 Å². The fourth-order valence-corrected chi connectivity index (χ4v) is 3.63. The van der Waals surface area contributed by atoms with Crippen LogP contribution in [0.5, 0.6) is 0 Å². The molecule has 27 heavy (non-hydrogen) atoms. The van der Waals surface area contributed by atoms with E-state index in [2.05, 4.69) is 24.3 Å². The van der Waals surface area contributed by atoms with Crippen LogP contribution in [-0.4, -0.2) is 26.8 Å². The van der Waals surface area contributed by atoms with Crippen LogP contribution >= 0.6 is 0 Å². The lowest BCUT2D eigenvalue weighted by Crippen LogP contribution is -2.31. The van der Waals surface area contributed by atoms with Crippen LogP contribution in [0.2, 0.25) is 0 Å². The lowest BCUT2D eigenvalue weighted by Gasteiger charge is -2.14. The van der Waals surface area contributed by atoms with Gasteiger partial charge >= 0.3 is 0 Å². The van der Waals surface area contributed by atoms with Gasteiger partial charge in [-0.3, -0.25) is 14.3 Å². The third-order valence-corrected chi connectivity index (χ3v) is 5.06. The molecule has 2 aromatic heterocycles. The number of amides is 1. The van der Waals surface area contributed by atoms with E-state index in [1.54, 1.807) is 12.1 Å². The highest BCUT2D eigenvalue weighted by atomic mass is 16.2. The first-order valence-corrected chi connectivity index (χ1v) is 9.31. The highest BCUT2D eigenvalue weighted by Crippen LogP contribution is 2.14. The molecule has 0 saturated carbocycles. The van der Waals surface area contributed by atoms with Crippen LogP contribution in [0.25, 0.3) is 10.9 Å². The van der Waals surface area contributed by atoms with Crippen molar-refractivity contribution in [3.63, 3.8) is 0 Å². The lowest BCUT2D eigenvalue weighted by molar-refractivity contribution is -0.121. The molecule has 6 nitrogen and oxygen atoms in total. The summed E-state index contributed by atoms with van der Waals surface area (Å²) in [6, 6.07) is 8.96. The van der Waals surface area contributed by atoms with Crippen molar-refractivity contribution in [2.24, 2.45) is 0 Å². The number of benzene rings is 1. The second kappa shape index (κ2) is 7.78. The van der Waals surface area contributed by atoms with Crippen molar-refractivity contribution in [1.82, 2.24) is 19.7 Å². The summed E-state index contributed by atoms with van der Waals surface area (Å²) in [5, 5.41) is 8.14. The Hall–Kier alpha value is -2.89. The molecule has 1 amide bonds. The van der Waals surface area contributed by atoms with Gasteiger partial charge in [0, 0.05) is 29.4 Å².